The van der Waals surface area contributed by atoms with Gasteiger partial charge in [-0.1, -0.05) is 30.3 Å². The zero-order valence-electron chi connectivity index (χ0n) is 12.0. The molecule has 2 amide bonds. The summed E-state index contributed by atoms with van der Waals surface area (Å²) in [6.07, 6.45) is 3.16. The highest BCUT2D eigenvalue weighted by atomic mass is 32.1. The number of rotatable bonds is 6. The van der Waals surface area contributed by atoms with Gasteiger partial charge in [-0.25, -0.2) is 4.98 Å². The van der Waals surface area contributed by atoms with Crippen molar-refractivity contribution in [2.45, 2.75) is 31.7 Å². The van der Waals surface area contributed by atoms with Crippen molar-refractivity contribution in [1.82, 2.24) is 10.3 Å². The minimum Gasteiger partial charge on any atom is -0.348 e. The van der Waals surface area contributed by atoms with E-state index >= 15 is 0 Å². The number of thiazole rings is 1. The van der Waals surface area contributed by atoms with E-state index < -0.39 is 0 Å². The smallest absolute Gasteiger partial charge is 0.271 e. The normalized spacial score (nSPS) is 13.6. The lowest BCUT2D eigenvalue weighted by molar-refractivity contribution is -0.116. The number of aryl methyl sites for hydroxylation is 1. The van der Waals surface area contributed by atoms with Crippen LogP contribution in [0.1, 0.15) is 35.3 Å². The fourth-order valence-electron chi connectivity index (χ4n) is 2.01. The number of aromatic nitrogens is 1. The molecule has 5 nitrogen and oxygen atoms in total. The van der Waals surface area contributed by atoms with Crippen LogP contribution in [0, 0.1) is 0 Å². The lowest BCUT2D eigenvalue weighted by Crippen LogP contribution is -2.25. The number of anilines is 1. The van der Waals surface area contributed by atoms with Gasteiger partial charge in [-0.05, 0) is 24.8 Å². The van der Waals surface area contributed by atoms with Gasteiger partial charge < -0.3 is 10.6 Å². The molecular weight excluding hydrogens is 298 g/mol. The van der Waals surface area contributed by atoms with E-state index in [1.165, 1.54) is 11.3 Å². The quantitative estimate of drug-likeness (QED) is 0.861. The number of carbonyl (C=O) groups excluding carboxylic acids is 2. The van der Waals surface area contributed by atoms with Gasteiger partial charge in [-0.3, -0.25) is 9.59 Å². The zero-order chi connectivity index (χ0) is 15.4. The second-order valence-corrected chi connectivity index (χ2v) is 6.18. The van der Waals surface area contributed by atoms with Gasteiger partial charge in [0.15, 0.2) is 5.13 Å². The van der Waals surface area contributed by atoms with Crippen molar-refractivity contribution < 1.29 is 9.59 Å². The van der Waals surface area contributed by atoms with Crippen LogP contribution in [-0.4, -0.2) is 22.8 Å². The predicted octanol–water partition coefficient (Wildman–Crippen LogP) is 2.61. The zero-order valence-corrected chi connectivity index (χ0v) is 12.9. The first-order chi connectivity index (χ1) is 10.7. The third-order valence-electron chi connectivity index (χ3n) is 3.38. The molecule has 2 N–H and O–H groups in total. The highest BCUT2D eigenvalue weighted by Crippen LogP contribution is 2.21. The summed E-state index contributed by atoms with van der Waals surface area (Å²) in [4.78, 5) is 27.9. The standard InChI is InChI=1S/C16H17N3O2S/c20-14(9-6-11-4-2-1-3-5-11)19-16-18-13(10-22-16)15(21)17-12-7-8-12/h1-5,10,12H,6-9H2,(H,17,21)(H,18,19,20). The van der Waals surface area contributed by atoms with E-state index in [0.29, 0.717) is 29.7 Å². The van der Waals surface area contributed by atoms with E-state index in [2.05, 4.69) is 15.6 Å². The van der Waals surface area contributed by atoms with Crippen LogP contribution in [0.4, 0.5) is 5.13 Å². The summed E-state index contributed by atoms with van der Waals surface area (Å²) in [5, 5.41) is 7.76. The Labute approximate surface area is 132 Å². The lowest BCUT2D eigenvalue weighted by atomic mass is 10.1. The van der Waals surface area contributed by atoms with Crippen molar-refractivity contribution in [3.63, 3.8) is 0 Å². The van der Waals surface area contributed by atoms with Crippen LogP contribution in [-0.2, 0) is 11.2 Å². The largest absolute Gasteiger partial charge is 0.348 e. The summed E-state index contributed by atoms with van der Waals surface area (Å²) in [6.45, 7) is 0. The van der Waals surface area contributed by atoms with E-state index in [-0.39, 0.29) is 11.8 Å². The number of amides is 2. The molecule has 1 heterocycles. The highest BCUT2D eigenvalue weighted by Gasteiger charge is 2.24. The number of hydrogen-bond donors (Lipinski definition) is 2. The topological polar surface area (TPSA) is 71.1 Å². The fraction of sp³-hybridized carbons (Fsp3) is 0.312. The lowest BCUT2D eigenvalue weighted by Gasteiger charge is -2.02. The SMILES string of the molecule is O=C(CCc1ccccc1)Nc1nc(C(=O)NC2CC2)cs1. The Kier molecular flexibility index (Phi) is 4.48. The summed E-state index contributed by atoms with van der Waals surface area (Å²) >= 11 is 1.27. The Morgan fingerprint density at radius 3 is 2.73 bits per heavy atom. The van der Waals surface area contributed by atoms with Crippen molar-refractivity contribution in [2.24, 2.45) is 0 Å². The van der Waals surface area contributed by atoms with Gasteiger partial charge in [-0.2, -0.15) is 0 Å². The molecule has 3 rings (SSSR count). The molecule has 0 unspecified atom stereocenters. The fourth-order valence-corrected chi connectivity index (χ4v) is 2.71. The van der Waals surface area contributed by atoms with Gasteiger partial charge in [0, 0.05) is 17.8 Å². The monoisotopic (exact) mass is 315 g/mol. The molecule has 2 aromatic rings. The van der Waals surface area contributed by atoms with Crippen molar-refractivity contribution in [1.29, 1.82) is 0 Å². The van der Waals surface area contributed by atoms with E-state index in [4.69, 9.17) is 0 Å². The Morgan fingerprint density at radius 1 is 1.23 bits per heavy atom. The second kappa shape index (κ2) is 6.70. The average Bonchev–Trinajstić information content (AvgIpc) is 3.22. The third kappa shape index (κ3) is 4.14. The Hall–Kier alpha value is -2.21. The molecule has 6 heteroatoms. The number of nitrogens with zero attached hydrogens (tertiary/aromatic N) is 1. The van der Waals surface area contributed by atoms with E-state index in [1.807, 2.05) is 30.3 Å². The van der Waals surface area contributed by atoms with Crippen LogP contribution in [0.2, 0.25) is 0 Å². The molecule has 1 fully saturated rings. The summed E-state index contributed by atoms with van der Waals surface area (Å²) in [5.74, 6) is -0.254. The maximum Gasteiger partial charge on any atom is 0.271 e. The molecule has 22 heavy (non-hydrogen) atoms. The number of benzene rings is 1. The van der Waals surface area contributed by atoms with E-state index in [9.17, 15) is 9.59 Å². The summed E-state index contributed by atoms with van der Waals surface area (Å²) in [7, 11) is 0. The van der Waals surface area contributed by atoms with Gasteiger partial charge in [0.25, 0.3) is 5.91 Å². The number of nitrogens with one attached hydrogen (secondary N) is 2. The minimum absolute atomic E-state index is 0.0904. The molecule has 1 aliphatic rings. The molecule has 0 spiro atoms. The van der Waals surface area contributed by atoms with Gasteiger partial charge in [0.2, 0.25) is 5.91 Å². The van der Waals surface area contributed by atoms with E-state index in [1.54, 1.807) is 5.38 Å². The molecule has 0 bridgehead atoms. The maximum atomic E-state index is 11.9. The molecule has 0 saturated heterocycles. The first-order valence-electron chi connectivity index (χ1n) is 7.31. The molecule has 1 saturated carbocycles. The van der Waals surface area contributed by atoms with Crippen LogP contribution in [0.5, 0.6) is 0 Å². The Morgan fingerprint density at radius 2 is 2.00 bits per heavy atom. The molecule has 0 radical (unpaired) electrons. The summed E-state index contributed by atoms with van der Waals surface area (Å²) in [5.41, 5.74) is 1.50. The van der Waals surface area contributed by atoms with Gasteiger partial charge >= 0.3 is 0 Å². The van der Waals surface area contributed by atoms with Gasteiger partial charge in [0.1, 0.15) is 5.69 Å². The molecule has 0 atom stereocenters. The molecule has 1 aliphatic carbocycles. The van der Waals surface area contributed by atoms with Crippen molar-refractivity contribution in [2.75, 3.05) is 5.32 Å². The minimum atomic E-state index is -0.163. The molecule has 114 valence electrons. The highest BCUT2D eigenvalue weighted by molar-refractivity contribution is 7.14. The third-order valence-corrected chi connectivity index (χ3v) is 4.14. The average molecular weight is 315 g/mol. The van der Waals surface area contributed by atoms with Crippen molar-refractivity contribution >= 4 is 28.3 Å². The molecule has 0 aliphatic heterocycles. The maximum absolute atomic E-state index is 11.9. The summed E-state index contributed by atoms with van der Waals surface area (Å²) < 4.78 is 0. The molecular formula is C16H17N3O2S. The first-order valence-corrected chi connectivity index (χ1v) is 8.19. The number of carbonyl (C=O) groups is 2. The molecule has 1 aromatic heterocycles. The molecule has 1 aromatic carbocycles. The predicted molar refractivity (Wildman–Crippen MR) is 86.0 cm³/mol. The second-order valence-electron chi connectivity index (χ2n) is 5.32. The number of hydrogen-bond acceptors (Lipinski definition) is 4. The van der Waals surface area contributed by atoms with Crippen LogP contribution in [0.3, 0.4) is 0 Å². The first kappa shape index (κ1) is 14.7. The van der Waals surface area contributed by atoms with Crippen LogP contribution >= 0.6 is 11.3 Å². The van der Waals surface area contributed by atoms with Gasteiger partial charge in [0.05, 0.1) is 0 Å². The van der Waals surface area contributed by atoms with Crippen LogP contribution in [0.15, 0.2) is 35.7 Å². The van der Waals surface area contributed by atoms with E-state index in [0.717, 1.165) is 18.4 Å². The Balaban J connectivity index is 1.49. The van der Waals surface area contributed by atoms with Gasteiger partial charge in [-0.15, -0.1) is 11.3 Å². The van der Waals surface area contributed by atoms with Crippen molar-refractivity contribution in [3.8, 4) is 0 Å². The van der Waals surface area contributed by atoms with Crippen LogP contribution < -0.4 is 10.6 Å². The van der Waals surface area contributed by atoms with Crippen molar-refractivity contribution in [3.05, 3.63) is 47.0 Å². The van der Waals surface area contributed by atoms with Crippen LogP contribution in [0.25, 0.3) is 0 Å². The Bertz CT molecular complexity index is 665. The summed E-state index contributed by atoms with van der Waals surface area (Å²) in [6, 6.07) is 10.2.